The van der Waals surface area contributed by atoms with Gasteiger partial charge in [-0.3, -0.25) is 5.10 Å². The molecule has 0 atom stereocenters. The Morgan fingerprint density at radius 3 is 2.56 bits per heavy atom. The summed E-state index contributed by atoms with van der Waals surface area (Å²) in [4.78, 5) is 2.29. The van der Waals surface area contributed by atoms with E-state index in [-0.39, 0.29) is 30.9 Å². The molecule has 192 valence electrons. The van der Waals surface area contributed by atoms with Crippen molar-refractivity contribution in [3.8, 4) is 17.0 Å². The minimum atomic E-state index is 0. The van der Waals surface area contributed by atoms with Crippen molar-refractivity contribution in [3.63, 3.8) is 0 Å². The second kappa shape index (κ2) is 14.9. The number of ether oxygens (including phenoxy) is 3. The Morgan fingerprint density at radius 1 is 1.12 bits per heavy atom. The van der Waals surface area contributed by atoms with Gasteiger partial charge in [-0.1, -0.05) is 0 Å². The molecule has 34 heavy (non-hydrogen) atoms. The molecule has 0 spiro atoms. The highest BCUT2D eigenvalue weighted by Crippen LogP contribution is 2.31. The smallest absolute Gasteiger partial charge is 0.119 e. The molecule has 0 bridgehead atoms. The lowest BCUT2D eigenvalue weighted by Crippen LogP contribution is -2.39. The number of aromatic amines is 1. The van der Waals surface area contributed by atoms with Gasteiger partial charge in [-0.2, -0.15) is 5.10 Å². The summed E-state index contributed by atoms with van der Waals surface area (Å²) in [5, 5.41) is 10.6. The van der Waals surface area contributed by atoms with Gasteiger partial charge in [-0.05, 0) is 63.5 Å². The van der Waals surface area contributed by atoms with Crippen molar-refractivity contribution in [1.29, 1.82) is 0 Å². The van der Waals surface area contributed by atoms with E-state index in [9.17, 15) is 0 Å². The maximum absolute atomic E-state index is 6.15. The van der Waals surface area contributed by atoms with E-state index in [0.29, 0.717) is 6.10 Å². The van der Waals surface area contributed by atoms with Crippen LogP contribution in [-0.2, 0) is 16.0 Å². The van der Waals surface area contributed by atoms with Gasteiger partial charge < -0.3 is 24.4 Å². The Balaban J connectivity index is 0.00000204. The summed E-state index contributed by atoms with van der Waals surface area (Å²) in [5.41, 5.74) is 3.42. The molecule has 0 amide bonds. The molecule has 1 saturated carbocycles. The van der Waals surface area contributed by atoms with Gasteiger partial charge in [0.1, 0.15) is 11.9 Å². The molecule has 0 unspecified atom stereocenters. The molecule has 1 aliphatic carbocycles. The van der Waals surface area contributed by atoms with Crippen LogP contribution in [0.4, 0.5) is 0 Å². The number of aromatic nitrogens is 2. The van der Waals surface area contributed by atoms with Crippen molar-refractivity contribution in [2.45, 2.75) is 50.9 Å². The number of hydrogen-bond donors (Lipinski definition) is 2. The summed E-state index contributed by atoms with van der Waals surface area (Å²) >= 11 is 0. The molecule has 2 aliphatic rings. The molecule has 1 aromatic carbocycles. The third kappa shape index (κ3) is 8.40. The molecular formula is C25H40Cl2N4O3. The highest BCUT2D eigenvalue weighted by atomic mass is 35.5. The average Bonchev–Trinajstić information content (AvgIpc) is 3.25. The fraction of sp³-hybridized carbons (Fsp3) is 0.640. The van der Waals surface area contributed by atoms with Gasteiger partial charge in [-0.15, -0.1) is 24.8 Å². The van der Waals surface area contributed by atoms with E-state index in [4.69, 9.17) is 14.2 Å². The minimum Gasteiger partial charge on any atom is -0.490 e. The normalized spacial score (nSPS) is 20.3. The Labute approximate surface area is 216 Å². The molecule has 2 fully saturated rings. The summed E-state index contributed by atoms with van der Waals surface area (Å²) in [6, 6.07) is 8.34. The van der Waals surface area contributed by atoms with Gasteiger partial charge in [0, 0.05) is 63.4 Å². The number of halogens is 2. The monoisotopic (exact) mass is 514 g/mol. The first-order valence-electron chi connectivity index (χ1n) is 12.0. The zero-order chi connectivity index (χ0) is 22.2. The summed E-state index contributed by atoms with van der Waals surface area (Å²) < 4.78 is 17.6. The molecule has 1 saturated heterocycles. The van der Waals surface area contributed by atoms with E-state index in [1.54, 1.807) is 0 Å². The third-order valence-corrected chi connectivity index (χ3v) is 6.62. The summed E-state index contributed by atoms with van der Waals surface area (Å²) in [6.45, 7) is 5.53. The lowest BCUT2D eigenvalue weighted by molar-refractivity contribution is -0.0665. The number of rotatable bonds is 12. The molecule has 9 heteroatoms. The van der Waals surface area contributed by atoms with Gasteiger partial charge in [0.05, 0.1) is 18.0 Å². The highest BCUT2D eigenvalue weighted by molar-refractivity contribution is 5.85. The van der Waals surface area contributed by atoms with Gasteiger partial charge in [0.2, 0.25) is 0 Å². The Bertz CT molecular complexity index is 809. The van der Waals surface area contributed by atoms with Crippen LogP contribution in [0.1, 0.15) is 37.7 Å². The van der Waals surface area contributed by atoms with Crippen molar-refractivity contribution in [1.82, 2.24) is 20.4 Å². The van der Waals surface area contributed by atoms with E-state index in [1.807, 2.05) is 13.2 Å². The van der Waals surface area contributed by atoms with Crippen LogP contribution < -0.4 is 10.1 Å². The van der Waals surface area contributed by atoms with Crippen molar-refractivity contribution in [3.05, 3.63) is 36.0 Å². The first-order valence-corrected chi connectivity index (χ1v) is 12.0. The van der Waals surface area contributed by atoms with Gasteiger partial charge in [0.15, 0.2) is 0 Å². The lowest BCUT2D eigenvalue weighted by atomic mass is 9.91. The van der Waals surface area contributed by atoms with Crippen LogP contribution in [0.25, 0.3) is 11.3 Å². The lowest BCUT2D eigenvalue weighted by Gasteiger charge is -2.35. The molecule has 4 rings (SSSR count). The first-order chi connectivity index (χ1) is 15.7. The van der Waals surface area contributed by atoms with Crippen LogP contribution >= 0.6 is 24.8 Å². The summed E-state index contributed by atoms with van der Waals surface area (Å²) in [7, 11) is 4.11. The predicted molar refractivity (Wildman–Crippen MR) is 140 cm³/mol. The van der Waals surface area contributed by atoms with Crippen LogP contribution in [0.3, 0.4) is 0 Å². The second-order valence-corrected chi connectivity index (χ2v) is 9.18. The fourth-order valence-electron chi connectivity index (χ4n) is 4.43. The largest absolute Gasteiger partial charge is 0.490 e. The molecular weight excluding hydrogens is 475 g/mol. The molecule has 0 radical (unpaired) electrons. The van der Waals surface area contributed by atoms with Gasteiger partial charge in [0.25, 0.3) is 0 Å². The predicted octanol–water partition coefficient (Wildman–Crippen LogP) is 4.31. The van der Waals surface area contributed by atoms with Gasteiger partial charge in [-0.25, -0.2) is 0 Å². The SMILES string of the molecule is CNCCN(C)Cc1cn[nH]c1-c1ccc(OC2CC(OCCC3CCOCC3)C2)cc1.Cl.Cl. The number of nitrogens with zero attached hydrogens (tertiary/aromatic N) is 2. The first kappa shape index (κ1) is 28.9. The van der Waals surface area contributed by atoms with E-state index in [0.717, 1.165) is 81.6 Å². The fourth-order valence-corrected chi connectivity index (χ4v) is 4.43. The topological polar surface area (TPSA) is 71.6 Å². The number of likely N-dealkylation sites (N-methyl/N-ethyl adjacent to an activating group) is 2. The number of benzene rings is 1. The Morgan fingerprint density at radius 2 is 1.85 bits per heavy atom. The van der Waals surface area contributed by atoms with Crippen molar-refractivity contribution < 1.29 is 14.2 Å². The molecule has 2 N–H and O–H groups in total. The molecule has 2 aromatic rings. The molecule has 1 aromatic heterocycles. The number of hydrogen-bond acceptors (Lipinski definition) is 6. The van der Waals surface area contributed by atoms with Crippen LogP contribution in [0.15, 0.2) is 30.5 Å². The maximum Gasteiger partial charge on any atom is 0.119 e. The van der Waals surface area contributed by atoms with Crippen LogP contribution in [0.2, 0.25) is 0 Å². The molecule has 7 nitrogen and oxygen atoms in total. The summed E-state index contributed by atoms with van der Waals surface area (Å²) in [6.07, 6.45) is 8.04. The minimum absolute atomic E-state index is 0. The zero-order valence-corrected chi connectivity index (χ0v) is 22.0. The van der Waals surface area contributed by atoms with E-state index in [1.165, 1.54) is 18.4 Å². The van der Waals surface area contributed by atoms with E-state index < -0.39 is 0 Å². The Kier molecular flexibility index (Phi) is 12.7. The highest BCUT2D eigenvalue weighted by Gasteiger charge is 2.31. The van der Waals surface area contributed by atoms with Crippen molar-refractivity contribution >= 4 is 24.8 Å². The van der Waals surface area contributed by atoms with E-state index >= 15 is 0 Å². The van der Waals surface area contributed by atoms with Crippen LogP contribution in [0.5, 0.6) is 5.75 Å². The maximum atomic E-state index is 6.15. The quantitative estimate of drug-likeness (QED) is 0.439. The standard InChI is InChI=1S/C25H38N4O3.2ClH/c1-26-10-11-29(2)18-21-17-27-28-25(21)20-3-5-22(6-4-20)32-24-15-23(16-24)31-14-9-19-7-12-30-13-8-19;;/h3-6,17,19,23-24,26H,7-16,18H2,1-2H3,(H,27,28);2*1H. The van der Waals surface area contributed by atoms with Crippen molar-refractivity contribution in [2.24, 2.45) is 5.92 Å². The van der Waals surface area contributed by atoms with Crippen LogP contribution in [0, 0.1) is 5.92 Å². The second-order valence-electron chi connectivity index (χ2n) is 9.18. The third-order valence-electron chi connectivity index (χ3n) is 6.62. The van der Waals surface area contributed by atoms with E-state index in [2.05, 4.69) is 51.7 Å². The van der Waals surface area contributed by atoms with Gasteiger partial charge >= 0.3 is 0 Å². The average molecular weight is 516 g/mol. The molecule has 1 aliphatic heterocycles. The zero-order valence-electron chi connectivity index (χ0n) is 20.3. The number of H-pyrrole nitrogens is 1. The molecule has 2 heterocycles. The van der Waals surface area contributed by atoms with Crippen LogP contribution in [-0.4, -0.2) is 74.3 Å². The Hall–Kier alpha value is -1.35. The number of nitrogens with one attached hydrogen (secondary N) is 2. The summed E-state index contributed by atoms with van der Waals surface area (Å²) in [5.74, 6) is 1.70. The van der Waals surface area contributed by atoms with Crippen molar-refractivity contribution in [2.75, 3.05) is 47.0 Å².